The molecule has 150 valence electrons. The van der Waals surface area contributed by atoms with E-state index in [2.05, 4.69) is 16.6 Å². The predicted octanol–water partition coefficient (Wildman–Crippen LogP) is 6.00. The van der Waals surface area contributed by atoms with Crippen LogP contribution in [0.1, 0.15) is 16.7 Å². The molecule has 1 amide bonds. The Bertz CT molecular complexity index is 921. The van der Waals surface area contributed by atoms with Crippen LogP contribution in [-0.4, -0.2) is 18.8 Å². The predicted molar refractivity (Wildman–Crippen MR) is 115 cm³/mol. The van der Waals surface area contributed by atoms with Crippen molar-refractivity contribution in [3.8, 4) is 0 Å². The van der Waals surface area contributed by atoms with Gasteiger partial charge in [-0.1, -0.05) is 97.6 Å². The van der Waals surface area contributed by atoms with E-state index in [1.807, 2.05) is 91.0 Å². The number of benzene rings is 3. The molecule has 30 heavy (non-hydrogen) atoms. The highest BCUT2D eigenvalue weighted by Crippen LogP contribution is 2.40. The fourth-order valence-corrected chi connectivity index (χ4v) is 3.32. The van der Waals surface area contributed by atoms with E-state index in [9.17, 15) is 4.79 Å². The number of azide groups is 1. The standard InChI is InChI=1S/C24H21N3O3/c1-2-22(30-23(28)26-27-25)18-29-24(19-12-6-3-7-13-19,20-14-8-4-9-15-20)21-16-10-5-11-17-21/h2-17,22H,1,18H2/t22-/m1/s1. The van der Waals surface area contributed by atoms with Gasteiger partial charge in [0.2, 0.25) is 0 Å². The van der Waals surface area contributed by atoms with Gasteiger partial charge in [-0.15, -0.1) is 0 Å². The molecule has 0 bridgehead atoms. The number of carbonyl (C=O) groups is 1. The van der Waals surface area contributed by atoms with Crippen molar-refractivity contribution < 1.29 is 14.3 Å². The highest BCUT2D eigenvalue weighted by atomic mass is 16.6. The van der Waals surface area contributed by atoms with E-state index in [1.54, 1.807) is 0 Å². The fourth-order valence-electron chi connectivity index (χ4n) is 3.32. The van der Waals surface area contributed by atoms with Crippen LogP contribution in [0.2, 0.25) is 0 Å². The lowest BCUT2D eigenvalue weighted by molar-refractivity contribution is -0.0281. The van der Waals surface area contributed by atoms with Gasteiger partial charge in [0, 0.05) is 10.0 Å². The third kappa shape index (κ3) is 4.58. The van der Waals surface area contributed by atoms with Crippen LogP contribution in [0.4, 0.5) is 4.79 Å². The number of hydrogen-bond acceptors (Lipinski definition) is 3. The Labute approximate surface area is 175 Å². The van der Waals surface area contributed by atoms with Crippen molar-refractivity contribution in [3.05, 3.63) is 131 Å². The quantitative estimate of drug-likeness (QED) is 0.153. The molecule has 0 spiro atoms. The number of nitrogens with zero attached hydrogens (tertiary/aromatic N) is 3. The zero-order chi connectivity index (χ0) is 21.2. The average Bonchev–Trinajstić information content (AvgIpc) is 2.81. The van der Waals surface area contributed by atoms with Crippen molar-refractivity contribution in [2.24, 2.45) is 5.11 Å². The molecular weight excluding hydrogens is 378 g/mol. The normalized spacial score (nSPS) is 11.7. The molecule has 6 heteroatoms. The topological polar surface area (TPSA) is 84.3 Å². The Morgan fingerprint density at radius 1 is 0.933 bits per heavy atom. The molecule has 0 aromatic heterocycles. The Morgan fingerprint density at radius 2 is 1.37 bits per heavy atom. The molecular formula is C24H21N3O3. The van der Waals surface area contributed by atoms with Crippen LogP contribution in [-0.2, 0) is 15.1 Å². The molecule has 0 unspecified atom stereocenters. The second-order valence-electron chi connectivity index (χ2n) is 6.44. The Kier molecular flexibility index (Phi) is 7.00. The van der Waals surface area contributed by atoms with Gasteiger partial charge in [0.25, 0.3) is 0 Å². The third-order valence-electron chi connectivity index (χ3n) is 4.65. The summed E-state index contributed by atoms with van der Waals surface area (Å²) in [5.74, 6) is 0. The van der Waals surface area contributed by atoms with E-state index in [4.69, 9.17) is 15.0 Å². The number of rotatable bonds is 8. The Hall–Kier alpha value is -3.86. The molecule has 6 nitrogen and oxygen atoms in total. The maximum absolute atomic E-state index is 11.6. The summed E-state index contributed by atoms with van der Waals surface area (Å²) in [4.78, 5) is 14.1. The van der Waals surface area contributed by atoms with Gasteiger partial charge in [0.05, 0.1) is 6.61 Å². The highest BCUT2D eigenvalue weighted by molar-refractivity contribution is 5.68. The van der Waals surface area contributed by atoms with Crippen LogP contribution >= 0.6 is 0 Å². The number of carbonyl (C=O) groups excluding carboxylic acids is 1. The van der Waals surface area contributed by atoms with Crippen molar-refractivity contribution in [1.82, 2.24) is 0 Å². The minimum atomic E-state index is -1.03. The van der Waals surface area contributed by atoms with Crippen molar-refractivity contribution in [1.29, 1.82) is 0 Å². The number of hydrogen-bond donors (Lipinski definition) is 0. The minimum Gasteiger partial charge on any atom is -0.451 e. The van der Waals surface area contributed by atoms with Crippen molar-refractivity contribution in [2.75, 3.05) is 6.61 Å². The summed E-state index contributed by atoms with van der Waals surface area (Å²) in [5.41, 5.74) is 10.2. The summed E-state index contributed by atoms with van der Waals surface area (Å²) < 4.78 is 11.7. The summed E-state index contributed by atoms with van der Waals surface area (Å²) in [7, 11) is 0. The first kappa shape index (κ1) is 20.9. The summed E-state index contributed by atoms with van der Waals surface area (Å²) in [5, 5.41) is 2.95. The first-order chi connectivity index (χ1) is 14.7. The molecule has 0 aliphatic heterocycles. The second-order valence-corrected chi connectivity index (χ2v) is 6.44. The van der Waals surface area contributed by atoms with Crippen molar-refractivity contribution >= 4 is 6.09 Å². The Balaban J connectivity index is 2.08. The average molecular weight is 399 g/mol. The van der Waals surface area contributed by atoms with E-state index < -0.39 is 17.8 Å². The lowest BCUT2D eigenvalue weighted by Crippen LogP contribution is -2.36. The maximum Gasteiger partial charge on any atom is 0.397 e. The minimum absolute atomic E-state index is 0.00880. The molecule has 0 saturated carbocycles. The molecule has 0 aliphatic rings. The van der Waals surface area contributed by atoms with E-state index in [1.165, 1.54) is 6.08 Å². The van der Waals surface area contributed by atoms with E-state index in [0.717, 1.165) is 16.7 Å². The second kappa shape index (κ2) is 10.1. The lowest BCUT2D eigenvalue weighted by Gasteiger charge is -2.36. The van der Waals surface area contributed by atoms with Gasteiger partial charge in [0.15, 0.2) is 0 Å². The SMILES string of the molecule is C=C[C@H](COC(c1ccccc1)(c1ccccc1)c1ccccc1)OC(=O)N=[N+]=[N-]. The van der Waals surface area contributed by atoms with Crippen molar-refractivity contribution in [3.63, 3.8) is 0 Å². The van der Waals surface area contributed by atoms with Gasteiger partial charge < -0.3 is 9.47 Å². The summed E-state index contributed by atoms with van der Waals surface area (Å²) in [6.45, 7) is 3.71. The largest absolute Gasteiger partial charge is 0.451 e. The molecule has 0 fully saturated rings. The van der Waals surface area contributed by atoms with Crippen LogP contribution in [0.5, 0.6) is 0 Å². The molecule has 0 saturated heterocycles. The van der Waals surface area contributed by atoms with E-state index >= 15 is 0 Å². The molecule has 0 heterocycles. The molecule has 3 aromatic rings. The van der Waals surface area contributed by atoms with Gasteiger partial charge in [0.1, 0.15) is 11.7 Å². The molecule has 1 atom stereocenters. The smallest absolute Gasteiger partial charge is 0.397 e. The zero-order valence-corrected chi connectivity index (χ0v) is 16.3. The third-order valence-corrected chi connectivity index (χ3v) is 4.65. The Morgan fingerprint density at radius 3 is 1.73 bits per heavy atom. The summed E-state index contributed by atoms with van der Waals surface area (Å²) >= 11 is 0. The van der Waals surface area contributed by atoms with Crippen LogP contribution in [0, 0.1) is 0 Å². The fraction of sp³-hybridized carbons (Fsp3) is 0.125. The molecule has 3 rings (SSSR count). The number of ether oxygens (including phenoxy) is 2. The van der Waals surface area contributed by atoms with Gasteiger partial charge in [-0.3, -0.25) is 0 Å². The molecule has 3 aromatic carbocycles. The summed E-state index contributed by atoms with van der Waals surface area (Å²) in [6, 6.07) is 29.5. The van der Waals surface area contributed by atoms with E-state index in [-0.39, 0.29) is 6.61 Å². The van der Waals surface area contributed by atoms with E-state index in [0.29, 0.717) is 0 Å². The molecule has 0 N–H and O–H groups in total. The van der Waals surface area contributed by atoms with Gasteiger partial charge in [-0.05, 0) is 28.3 Å². The highest BCUT2D eigenvalue weighted by Gasteiger charge is 2.38. The molecule has 0 aliphatic carbocycles. The van der Waals surface area contributed by atoms with Gasteiger partial charge >= 0.3 is 6.09 Å². The molecule has 0 radical (unpaired) electrons. The van der Waals surface area contributed by atoms with Gasteiger partial charge in [-0.25, -0.2) is 4.79 Å². The first-order valence-corrected chi connectivity index (χ1v) is 9.39. The van der Waals surface area contributed by atoms with Gasteiger partial charge in [-0.2, -0.15) is 0 Å². The maximum atomic E-state index is 11.6. The van der Waals surface area contributed by atoms with Crippen LogP contribution < -0.4 is 0 Å². The van der Waals surface area contributed by atoms with Crippen LogP contribution in [0.15, 0.2) is 109 Å². The van der Waals surface area contributed by atoms with Crippen molar-refractivity contribution in [2.45, 2.75) is 11.7 Å². The first-order valence-electron chi connectivity index (χ1n) is 9.39. The van der Waals surface area contributed by atoms with Crippen LogP contribution in [0.25, 0.3) is 10.4 Å². The summed E-state index contributed by atoms with van der Waals surface area (Å²) in [6.07, 6.45) is -0.384. The lowest BCUT2D eigenvalue weighted by atomic mass is 9.80. The number of amides is 1. The van der Waals surface area contributed by atoms with Crippen LogP contribution in [0.3, 0.4) is 0 Å². The monoisotopic (exact) mass is 399 g/mol. The zero-order valence-electron chi connectivity index (χ0n) is 16.3.